The van der Waals surface area contributed by atoms with Crippen LogP contribution in [0.15, 0.2) is 22.6 Å². The summed E-state index contributed by atoms with van der Waals surface area (Å²) in [6, 6.07) is 5.07. The molecular formula is C14H14O5. The van der Waals surface area contributed by atoms with Crippen LogP contribution in [0.1, 0.15) is 23.0 Å². The van der Waals surface area contributed by atoms with Gasteiger partial charge in [0.2, 0.25) is 0 Å². The van der Waals surface area contributed by atoms with Gasteiger partial charge in [-0.05, 0) is 32.0 Å². The topological polar surface area (TPSA) is 65.7 Å². The molecule has 5 heteroatoms. The second kappa shape index (κ2) is 5.14. The Balaban J connectivity index is 2.36. The van der Waals surface area contributed by atoms with Crippen molar-refractivity contribution in [2.75, 3.05) is 13.7 Å². The molecule has 0 radical (unpaired) electrons. The number of hydrogen-bond acceptors (Lipinski definition) is 5. The van der Waals surface area contributed by atoms with Gasteiger partial charge < -0.3 is 13.9 Å². The van der Waals surface area contributed by atoms with Gasteiger partial charge in [0, 0.05) is 5.39 Å². The average Bonchev–Trinajstić information content (AvgIpc) is 2.70. The van der Waals surface area contributed by atoms with E-state index in [9.17, 15) is 9.59 Å². The van der Waals surface area contributed by atoms with Crippen molar-refractivity contribution in [3.05, 3.63) is 29.5 Å². The molecule has 100 valence electrons. The van der Waals surface area contributed by atoms with Crippen LogP contribution in [0.25, 0.3) is 11.0 Å². The number of Topliss-reactive ketones (excluding diaryl/α,β-unsaturated/α-hetero) is 1. The van der Waals surface area contributed by atoms with Crippen molar-refractivity contribution >= 4 is 22.7 Å². The molecule has 1 heterocycles. The lowest BCUT2D eigenvalue weighted by molar-refractivity contribution is -0.142. The first-order valence-corrected chi connectivity index (χ1v) is 5.76. The van der Waals surface area contributed by atoms with E-state index < -0.39 is 5.97 Å². The minimum absolute atomic E-state index is 0.0682. The Kier molecular flexibility index (Phi) is 3.55. The summed E-state index contributed by atoms with van der Waals surface area (Å²) in [5, 5.41) is 0.687. The highest BCUT2D eigenvalue weighted by molar-refractivity contribution is 6.07. The summed E-state index contributed by atoms with van der Waals surface area (Å²) in [7, 11) is 1.29. The quantitative estimate of drug-likeness (QED) is 0.625. The number of ether oxygens (including phenoxy) is 2. The van der Waals surface area contributed by atoms with Crippen molar-refractivity contribution in [3.63, 3.8) is 0 Å². The van der Waals surface area contributed by atoms with E-state index in [1.54, 1.807) is 25.1 Å². The molecule has 0 N–H and O–H groups in total. The van der Waals surface area contributed by atoms with Gasteiger partial charge in [-0.25, -0.2) is 4.79 Å². The van der Waals surface area contributed by atoms with Gasteiger partial charge in [-0.15, -0.1) is 0 Å². The lowest BCUT2D eigenvalue weighted by atomic mass is 10.1. The molecule has 0 spiro atoms. The van der Waals surface area contributed by atoms with Crippen molar-refractivity contribution in [3.8, 4) is 5.75 Å². The van der Waals surface area contributed by atoms with Gasteiger partial charge in [0.1, 0.15) is 17.1 Å². The smallest absolute Gasteiger partial charge is 0.343 e. The van der Waals surface area contributed by atoms with E-state index in [0.29, 0.717) is 28.0 Å². The fourth-order valence-electron chi connectivity index (χ4n) is 1.93. The molecule has 2 rings (SSSR count). The van der Waals surface area contributed by atoms with Crippen LogP contribution in [0.5, 0.6) is 5.75 Å². The molecule has 0 fully saturated rings. The summed E-state index contributed by atoms with van der Waals surface area (Å²) in [6.45, 7) is 3.05. The number of rotatable bonds is 4. The third-order valence-electron chi connectivity index (χ3n) is 2.77. The summed E-state index contributed by atoms with van der Waals surface area (Å²) < 4.78 is 15.3. The predicted octanol–water partition coefficient (Wildman–Crippen LogP) is 2.50. The zero-order valence-electron chi connectivity index (χ0n) is 11.0. The fourth-order valence-corrected chi connectivity index (χ4v) is 1.93. The number of furan rings is 1. The first-order chi connectivity index (χ1) is 9.02. The summed E-state index contributed by atoms with van der Waals surface area (Å²) in [5.41, 5.74) is 1.16. The molecule has 0 unspecified atom stereocenters. The van der Waals surface area contributed by atoms with Crippen LogP contribution in [0.3, 0.4) is 0 Å². The van der Waals surface area contributed by atoms with Gasteiger partial charge in [0.25, 0.3) is 0 Å². The van der Waals surface area contributed by atoms with Gasteiger partial charge in [-0.2, -0.15) is 0 Å². The maximum Gasteiger partial charge on any atom is 0.343 e. The Morgan fingerprint density at radius 3 is 2.68 bits per heavy atom. The van der Waals surface area contributed by atoms with E-state index in [1.807, 2.05) is 0 Å². The summed E-state index contributed by atoms with van der Waals surface area (Å²) in [6.07, 6.45) is 0. The molecular weight excluding hydrogens is 248 g/mol. The van der Waals surface area contributed by atoms with Crippen molar-refractivity contribution in [1.82, 2.24) is 0 Å². The lowest BCUT2D eigenvalue weighted by Gasteiger charge is -2.04. The number of aryl methyl sites for hydroxylation is 1. The van der Waals surface area contributed by atoms with Crippen molar-refractivity contribution < 1.29 is 23.5 Å². The van der Waals surface area contributed by atoms with Crippen LogP contribution in [0, 0.1) is 6.92 Å². The molecule has 0 saturated heterocycles. The van der Waals surface area contributed by atoms with Gasteiger partial charge >= 0.3 is 5.97 Å². The van der Waals surface area contributed by atoms with Crippen LogP contribution in [-0.4, -0.2) is 25.5 Å². The number of benzene rings is 1. The van der Waals surface area contributed by atoms with E-state index in [-0.39, 0.29) is 12.4 Å². The number of hydrogen-bond donors (Lipinski definition) is 0. The molecule has 0 saturated carbocycles. The highest BCUT2D eigenvalue weighted by Gasteiger charge is 2.15. The predicted molar refractivity (Wildman–Crippen MR) is 68.5 cm³/mol. The Bertz CT molecular complexity index is 639. The number of fused-ring (bicyclic) bond motifs is 1. The van der Waals surface area contributed by atoms with E-state index in [0.717, 1.165) is 0 Å². The minimum Gasteiger partial charge on any atom is -0.482 e. The van der Waals surface area contributed by atoms with Crippen molar-refractivity contribution in [1.29, 1.82) is 0 Å². The van der Waals surface area contributed by atoms with Gasteiger partial charge in [0.15, 0.2) is 12.4 Å². The second-order valence-corrected chi connectivity index (χ2v) is 4.11. The number of methoxy groups -OCH3 is 1. The molecule has 0 bridgehead atoms. The van der Waals surface area contributed by atoms with Gasteiger partial charge in [-0.3, -0.25) is 4.79 Å². The molecule has 0 atom stereocenters. The maximum absolute atomic E-state index is 11.6. The van der Waals surface area contributed by atoms with Crippen molar-refractivity contribution in [2.24, 2.45) is 0 Å². The van der Waals surface area contributed by atoms with Crippen LogP contribution < -0.4 is 4.74 Å². The molecule has 0 aliphatic carbocycles. The van der Waals surface area contributed by atoms with E-state index >= 15 is 0 Å². The summed E-state index contributed by atoms with van der Waals surface area (Å²) >= 11 is 0. The molecule has 0 aliphatic rings. The van der Waals surface area contributed by atoms with E-state index in [2.05, 4.69) is 4.74 Å². The van der Waals surface area contributed by atoms with E-state index in [1.165, 1.54) is 14.0 Å². The number of carbonyl (C=O) groups excluding carboxylic acids is 2. The molecule has 5 nitrogen and oxygen atoms in total. The van der Waals surface area contributed by atoms with Gasteiger partial charge in [0.05, 0.1) is 12.7 Å². The van der Waals surface area contributed by atoms with Crippen LogP contribution in [-0.2, 0) is 9.53 Å². The molecule has 1 aromatic heterocycles. The third-order valence-corrected chi connectivity index (χ3v) is 2.77. The van der Waals surface area contributed by atoms with Crippen molar-refractivity contribution in [2.45, 2.75) is 13.8 Å². The SMILES string of the molecule is COC(=O)COc1ccc2oc(C)c(C(C)=O)c2c1. The third kappa shape index (κ3) is 2.59. The number of esters is 1. The number of ketones is 1. The molecule has 19 heavy (non-hydrogen) atoms. The molecule has 0 aliphatic heterocycles. The second-order valence-electron chi connectivity index (χ2n) is 4.11. The largest absolute Gasteiger partial charge is 0.482 e. The van der Waals surface area contributed by atoms with Crippen LogP contribution in [0.2, 0.25) is 0 Å². The van der Waals surface area contributed by atoms with Crippen LogP contribution in [0.4, 0.5) is 0 Å². The first-order valence-electron chi connectivity index (χ1n) is 5.76. The average molecular weight is 262 g/mol. The Labute approximate surface area is 110 Å². The van der Waals surface area contributed by atoms with Crippen LogP contribution >= 0.6 is 0 Å². The summed E-state index contributed by atoms with van der Waals surface area (Å²) in [4.78, 5) is 22.6. The Morgan fingerprint density at radius 2 is 2.05 bits per heavy atom. The number of carbonyl (C=O) groups is 2. The standard InChI is InChI=1S/C14H14O5/c1-8(15)14-9(2)19-12-5-4-10(6-11(12)14)18-7-13(16)17-3/h4-6H,7H2,1-3H3. The highest BCUT2D eigenvalue weighted by atomic mass is 16.6. The first kappa shape index (κ1) is 13.1. The Hall–Kier alpha value is -2.30. The Morgan fingerprint density at radius 1 is 1.32 bits per heavy atom. The minimum atomic E-state index is -0.463. The zero-order valence-corrected chi connectivity index (χ0v) is 11.0. The maximum atomic E-state index is 11.6. The molecule has 0 amide bonds. The van der Waals surface area contributed by atoms with Gasteiger partial charge in [-0.1, -0.05) is 0 Å². The highest BCUT2D eigenvalue weighted by Crippen LogP contribution is 2.29. The lowest BCUT2D eigenvalue weighted by Crippen LogP contribution is -2.12. The van der Waals surface area contributed by atoms with E-state index in [4.69, 9.17) is 9.15 Å². The monoisotopic (exact) mass is 262 g/mol. The normalized spacial score (nSPS) is 10.5. The summed E-state index contributed by atoms with van der Waals surface area (Å²) in [5.74, 6) is 0.533. The molecule has 2 aromatic rings. The fraction of sp³-hybridized carbons (Fsp3) is 0.286. The zero-order chi connectivity index (χ0) is 14.0. The molecule has 1 aromatic carbocycles.